The molecule has 0 aliphatic rings. The van der Waals surface area contributed by atoms with Crippen LogP contribution in [0.1, 0.15) is 5.56 Å². The minimum Gasteiger partial charge on any atom is -0.457 e. The van der Waals surface area contributed by atoms with Crippen LogP contribution < -0.4 is 15.1 Å². The predicted octanol–water partition coefficient (Wildman–Crippen LogP) is 5.20. The van der Waals surface area contributed by atoms with E-state index in [-0.39, 0.29) is 0 Å². The van der Waals surface area contributed by atoms with Crippen molar-refractivity contribution in [2.75, 3.05) is 0 Å². The van der Waals surface area contributed by atoms with Crippen molar-refractivity contribution in [1.82, 2.24) is 0 Å². The first-order valence-electron chi connectivity index (χ1n) is 8.09. The Labute approximate surface area is 153 Å². The summed E-state index contributed by atoms with van der Waals surface area (Å²) >= 11 is 3.62. The average Bonchev–Trinajstić information content (AvgIpc) is 2.63. The number of rotatable bonds is 5. The Balaban J connectivity index is 1.86. The van der Waals surface area contributed by atoms with Crippen molar-refractivity contribution in [2.45, 2.75) is 18.4 Å². The summed E-state index contributed by atoms with van der Waals surface area (Å²) in [4.78, 5) is 0. The SMILES string of the molecule is C[Si](C)(c1ccc(Oc2ccccc2)cc1)c1ccccc1CBr. The van der Waals surface area contributed by atoms with Gasteiger partial charge in [0.15, 0.2) is 0 Å². The van der Waals surface area contributed by atoms with Gasteiger partial charge in [-0.25, -0.2) is 0 Å². The molecular weight excluding hydrogens is 376 g/mol. The van der Waals surface area contributed by atoms with Gasteiger partial charge >= 0.3 is 0 Å². The molecule has 0 aromatic heterocycles. The first-order valence-corrected chi connectivity index (χ1v) is 12.2. The molecule has 0 saturated heterocycles. The summed E-state index contributed by atoms with van der Waals surface area (Å²) in [7, 11) is -1.72. The molecule has 0 atom stereocenters. The highest BCUT2D eigenvalue weighted by Gasteiger charge is 2.27. The van der Waals surface area contributed by atoms with Gasteiger partial charge in [0.05, 0.1) is 0 Å². The van der Waals surface area contributed by atoms with Gasteiger partial charge < -0.3 is 4.74 Å². The van der Waals surface area contributed by atoms with Crippen molar-refractivity contribution in [1.29, 1.82) is 0 Å². The fraction of sp³-hybridized carbons (Fsp3) is 0.143. The second-order valence-corrected chi connectivity index (χ2v) is 11.3. The lowest BCUT2D eigenvalue weighted by Gasteiger charge is -2.26. The molecule has 122 valence electrons. The molecule has 0 heterocycles. The van der Waals surface area contributed by atoms with Gasteiger partial charge in [0, 0.05) is 5.33 Å². The van der Waals surface area contributed by atoms with E-state index in [1.807, 2.05) is 30.3 Å². The molecule has 0 saturated carbocycles. The van der Waals surface area contributed by atoms with E-state index >= 15 is 0 Å². The molecule has 0 fully saturated rings. The van der Waals surface area contributed by atoms with Gasteiger partial charge in [-0.2, -0.15) is 0 Å². The number of halogens is 1. The molecule has 0 radical (unpaired) electrons. The molecule has 24 heavy (non-hydrogen) atoms. The molecular formula is C21H21BrOSi. The Morgan fingerprint density at radius 2 is 1.33 bits per heavy atom. The van der Waals surface area contributed by atoms with Crippen LogP contribution in [-0.4, -0.2) is 8.07 Å². The van der Waals surface area contributed by atoms with Crippen LogP contribution in [0.5, 0.6) is 11.5 Å². The maximum Gasteiger partial charge on any atom is 0.127 e. The van der Waals surface area contributed by atoms with Crippen molar-refractivity contribution in [3.05, 3.63) is 84.4 Å². The fourth-order valence-corrected chi connectivity index (χ4v) is 6.51. The summed E-state index contributed by atoms with van der Waals surface area (Å²) in [5, 5.41) is 3.80. The smallest absolute Gasteiger partial charge is 0.127 e. The lowest BCUT2D eigenvalue weighted by molar-refractivity contribution is 0.483. The first kappa shape index (κ1) is 17.0. The maximum absolute atomic E-state index is 5.90. The van der Waals surface area contributed by atoms with Gasteiger partial charge in [0.25, 0.3) is 0 Å². The number of hydrogen-bond acceptors (Lipinski definition) is 1. The zero-order valence-corrected chi connectivity index (χ0v) is 16.6. The lowest BCUT2D eigenvalue weighted by Crippen LogP contribution is -2.54. The third kappa shape index (κ3) is 3.63. The van der Waals surface area contributed by atoms with E-state index in [1.165, 1.54) is 15.9 Å². The van der Waals surface area contributed by atoms with Crippen molar-refractivity contribution in [2.24, 2.45) is 0 Å². The zero-order valence-electron chi connectivity index (χ0n) is 14.0. The largest absolute Gasteiger partial charge is 0.457 e. The Bertz CT molecular complexity index is 798. The minimum absolute atomic E-state index is 0.867. The summed E-state index contributed by atoms with van der Waals surface area (Å²) in [6.45, 7) is 4.81. The van der Waals surface area contributed by atoms with Crippen LogP contribution in [0.15, 0.2) is 78.9 Å². The highest BCUT2D eigenvalue weighted by Crippen LogP contribution is 2.20. The monoisotopic (exact) mass is 396 g/mol. The summed E-state index contributed by atoms with van der Waals surface area (Å²) in [6.07, 6.45) is 0. The van der Waals surface area contributed by atoms with Crippen LogP contribution in [0.4, 0.5) is 0 Å². The van der Waals surface area contributed by atoms with Crippen LogP contribution in [-0.2, 0) is 5.33 Å². The van der Waals surface area contributed by atoms with Gasteiger partial charge in [-0.05, 0) is 29.8 Å². The Morgan fingerprint density at radius 3 is 2.00 bits per heavy atom. The van der Waals surface area contributed by atoms with Crippen molar-refractivity contribution in [3.8, 4) is 11.5 Å². The molecule has 3 aromatic carbocycles. The summed E-state index contributed by atoms with van der Waals surface area (Å²) < 4.78 is 5.90. The molecule has 1 nitrogen and oxygen atoms in total. The molecule has 3 aromatic rings. The average molecular weight is 397 g/mol. The molecule has 0 aliphatic carbocycles. The maximum atomic E-state index is 5.90. The van der Waals surface area contributed by atoms with E-state index in [2.05, 4.69) is 77.6 Å². The molecule has 0 amide bonds. The van der Waals surface area contributed by atoms with Gasteiger partial charge in [0.2, 0.25) is 0 Å². The summed E-state index contributed by atoms with van der Waals surface area (Å²) in [6, 6.07) is 27.2. The molecule has 0 spiro atoms. The predicted molar refractivity (Wildman–Crippen MR) is 109 cm³/mol. The van der Waals surface area contributed by atoms with Gasteiger partial charge in [-0.3, -0.25) is 0 Å². The Morgan fingerprint density at radius 1 is 0.750 bits per heavy atom. The van der Waals surface area contributed by atoms with Crippen molar-refractivity contribution in [3.63, 3.8) is 0 Å². The van der Waals surface area contributed by atoms with E-state index < -0.39 is 8.07 Å². The normalized spacial score (nSPS) is 11.3. The van der Waals surface area contributed by atoms with Crippen LogP contribution in [0.2, 0.25) is 13.1 Å². The first-order chi connectivity index (χ1) is 11.6. The molecule has 3 rings (SSSR count). The van der Waals surface area contributed by atoms with Gasteiger partial charge in [0.1, 0.15) is 19.6 Å². The molecule has 0 aliphatic heterocycles. The quantitative estimate of drug-likeness (QED) is 0.425. The molecule has 0 bridgehead atoms. The third-order valence-corrected chi connectivity index (χ3v) is 8.60. The van der Waals surface area contributed by atoms with Crippen LogP contribution >= 0.6 is 15.9 Å². The van der Waals surface area contributed by atoms with Crippen molar-refractivity contribution >= 4 is 34.4 Å². The summed E-state index contributed by atoms with van der Waals surface area (Å²) in [5.74, 6) is 1.75. The minimum atomic E-state index is -1.72. The molecule has 3 heteroatoms. The number of ether oxygens (including phenoxy) is 1. The van der Waals surface area contributed by atoms with E-state index in [0.29, 0.717) is 0 Å². The van der Waals surface area contributed by atoms with Crippen LogP contribution in [0, 0.1) is 0 Å². The van der Waals surface area contributed by atoms with E-state index in [4.69, 9.17) is 4.74 Å². The number of para-hydroxylation sites is 1. The molecule has 0 unspecified atom stereocenters. The van der Waals surface area contributed by atoms with Gasteiger partial charge in [-0.15, -0.1) is 0 Å². The van der Waals surface area contributed by atoms with E-state index in [1.54, 1.807) is 0 Å². The Kier molecular flexibility index (Phi) is 5.22. The number of alkyl halides is 1. The zero-order chi connectivity index (χ0) is 17.0. The van der Waals surface area contributed by atoms with E-state index in [0.717, 1.165) is 16.8 Å². The molecule has 0 N–H and O–H groups in total. The fourth-order valence-electron chi connectivity index (χ4n) is 2.97. The lowest BCUT2D eigenvalue weighted by atomic mass is 10.2. The highest BCUT2D eigenvalue weighted by molar-refractivity contribution is 9.08. The van der Waals surface area contributed by atoms with Crippen LogP contribution in [0.25, 0.3) is 0 Å². The van der Waals surface area contributed by atoms with E-state index in [9.17, 15) is 0 Å². The second kappa shape index (κ2) is 7.37. The Hall–Kier alpha value is -1.84. The number of benzene rings is 3. The summed E-state index contributed by atoms with van der Waals surface area (Å²) in [5.41, 5.74) is 1.39. The standard InChI is InChI=1S/C21H21BrOSi/c1-24(2,21-11-7-6-8-17(21)16-22)20-14-12-19(13-15-20)23-18-9-4-3-5-10-18/h3-15H,16H2,1-2H3. The van der Waals surface area contributed by atoms with Crippen molar-refractivity contribution < 1.29 is 4.74 Å². The second-order valence-electron chi connectivity index (χ2n) is 6.36. The third-order valence-electron chi connectivity index (χ3n) is 4.39. The van der Waals surface area contributed by atoms with Gasteiger partial charge in [-0.1, -0.05) is 94.0 Å². The highest BCUT2D eigenvalue weighted by atomic mass is 79.9. The number of hydrogen-bond donors (Lipinski definition) is 0. The topological polar surface area (TPSA) is 9.23 Å². The van der Waals surface area contributed by atoms with Crippen LogP contribution in [0.3, 0.4) is 0 Å².